The Bertz CT molecular complexity index is 751. The van der Waals surface area contributed by atoms with E-state index in [1.807, 2.05) is 30.3 Å². The predicted octanol–water partition coefficient (Wildman–Crippen LogP) is 3.62. The number of hydrogen-bond donors (Lipinski definition) is 1. The second-order valence-corrected chi connectivity index (χ2v) is 4.34. The molecule has 3 rings (SSSR count). The van der Waals surface area contributed by atoms with Gasteiger partial charge in [0.1, 0.15) is 11.3 Å². The lowest BCUT2D eigenvalue weighted by Gasteiger charge is -2.11. The minimum absolute atomic E-state index is 0.554. The van der Waals surface area contributed by atoms with Crippen molar-refractivity contribution in [1.29, 1.82) is 0 Å². The van der Waals surface area contributed by atoms with Crippen LogP contribution in [0.15, 0.2) is 54.7 Å². The highest BCUT2D eigenvalue weighted by Crippen LogP contribution is 2.33. The molecule has 0 saturated heterocycles. The Balaban J connectivity index is 2.05. The highest BCUT2D eigenvalue weighted by Gasteiger charge is 2.08. The zero-order valence-electron chi connectivity index (χ0n) is 11.0. The number of nitrogens with zero attached hydrogens (tertiary/aromatic N) is 1. The largest absolute Gasteiger partial charge is 0.497 e. The van der Waals surface area contributed by atoms with Gasteiger partial charge in [-0.15, -0.1) is 0 Å². The summed E-state index contributed by atoms with van der Waals surface area (Å²) in [6.07, 6.45) is 1.74. The number of aromatic nitrogens is 1. The average molecular weight is 266 g/mol. The first-order chi connectivity index (χ1) is 9.78. The molecule has 100 valence electrons. The lowest BCUT2D eigenvalue weighted by Crippen LogP contribution is -1.94. The van der Waals surface area contributed by atoms with E-state index in [4.69, 9.17) is 15.2 Å². The Labute approximate surface area is 116 Å². The molecular formula is C16H14N2O2. The summed E-state index contributed by atoms with van der Waals surface area (Å²) in [5, 5.41) is 1.02. The van der Waals surface area contributed by atoms with Crippen LogP contribution < -0.4 is 15.2 Å². The number of ether oxygens (including phenoxy) is 2. The molecule has 2 aromatic carbocycles. The van der Waals surface area contributed by atoms with Crippen molar-refractivity contribution in [3.05, 3.63) is 54.7 Å². The summed E-state index contributed by atoms with van der Waals surface area (Å²) in [7, 11) is 1.61. The third-order valence-electron chi connectivity index (χ3n) is 3.04. The SMILES string of the molecule is COc1ccc(N)c(Oc2cccc3cccnc23)c1. The van der Waals surface area contributed by atoms with Crippen LogP contribution >= 0.6 is 0 Å². The van der Waals surface area contributed by atoms with Gasteiger partial charge in [0, 0.05) is 17.6 Å². The van der Waals surface area contributed by atoms with E-state index in [1.54, 1.807) is 31.5 Å². The maximum absolute atomic E-state index is 5.94. The van der Waals surface area contributed by atoms with Crippen LogP contribution in [0.5, 0.6) is 17.2 Å². The van der Waals surface area contributed by atoms with Gasteiger partial charge in [-0.1, -0.05) is 18.2 Å². The van der Waals surface area contributed by atoms with Crippen molar-refractivity contribution in [2.24, 2.45) is 0 Å². The third kappa shape index (κ3) is 2.23. The zero-order valence-corrected chi connectivity index (χ0v) is 11.0. The first-order valence-electron chi connectivity index (χ1n) is 6.23. The molecule has 0 unspecified atom stereocenters. The summed E-state index contributed by atoms with van der Waals surface area (Å²) in [6, 6.07) is 15.0. The third-order valence-corrected chi connectivity index (χ3v) is 3.04. The molecular weight excluding hydrogens is 252 g/mol. The highest BCUT2D eigenvalue weighted by molar-refractivity contribution is 5.84. The molecule has 0 aliphatic rings. The minimum Gasteiger partial charge on any atom is -0.497 e. The van der Waals surface area contributed by atoms with Crippen LogP contribution in [0.3, 0.4) is 0 Å². The molecule has 0 amide bonds. The van der Waals surface area contributed by atoms with Crippen molar-refractivity contribution in [3.63, 3.8) is 0 Å². The Kier molecular flexibility index (Phi) is 3.13. The molecule has 0 atom stereocenters. The van der Waals surface area contributed by atoms with Crippen LogP contribution in [0.2, 0.25) is 0 Å². The zero-order chi connectivity index (χ0) is 13.9. The fourth-order valence-electron chi connectivity index (χ4n) is 2.01. The summed E-state index contributed by atoms with van der Waals surface area (Å²) in [5.74, 6) is 1.92. The number of hydrogen-bond acceptors (Lipinski definition) is 4. The normalized spacial score (nSPS) is 10.4. The van der Waals surface area contributed by atoms with Gasteiger partial charge < -0.3 is 15.2 Å². The van der Waals surface area contributed by atoms with Gasteiger partial charge in [-0.25, -0.2) is 0 Å². The van der Waals surface area contributed by atoms with Gasteiger partial charge in [0.05, 0.1) is 12.8 Å². The van der Waals surface area contributed by atoms with E-state index >= 15 is 0 Å². The molecule has 2 N–H and O–H groups in total. The van der Waals surface area contributed by atoms with Crippen LogP contribution in [-0.2, 0) is 0 Å². The Morgan fingerprint density at radius 2 is 1.85 bits per heavy atom. The van der Waals surface area contributed by atoms with E-state index in [0.29, 0.717) is 22.9 Å². The van der Waals surface area contributed by atoms with Crippen molar-refractivity contribution in [3.8, 4) is 17.2 Å². The van der Waals surface area contributed by atoms with Crippen molar-refractivity contribution >= 4 is 16.6 Å². The van der Waals surface area contributed by atoms with Crippen LogP contribution in [0, 0.1) is 0 Å². The number of pyridine rings is 1. The molecule has 0 spiro atoms. The van der Waals surface area contributed by atoms with Crippen LogP contribution in [0.1, 0.15) is 0 Å². The monoisotopic (exact) mass is 266 g/mol. The number of para-hydroxylation sites is 1. The summed E-state index contributed by atoms with van der Waals surface area (Å²) in [6.45, 7) is 0. The molecule has 3 aromatic rings. The predicted molar refractivity (Wildman–Crippen MR) is 79.2 cm³/mol. The van der Waals surface area contributed by atoms with E-state index in [-0.39, 0.29) is 0 Å². The standard InChI is InChI=1S/C16H14N2O2/c1-19-12-7-8-13(17)15(10-12)20-14-6-2-4-11-5-3-9-18-16(11)14/h2-10H,17H2,1H3. The summed E-state index contributed by atoms with van der Waals surface area (Å²) >= 11 is 0. The van der Waals surface area contributed by atoms with Gasteiger partial charge in [-0.05, 0) is 24.3 Å². The second-order valence-electron chi connectivity index (χ2n) is 4.34. The molecule has 1 aromatic heterocycles. The fourth-order valence-corrected chi connectivity index (χ4v) is 2.01. The van der Waals surface area contributed by atoms with E-state index in [2.05, 4.69) is 4.98 Å². The van der Waals surface area contributed by atoms with Gasteiger partial charge >= 0.3 is 0 Å². The summed E-state index contributed by atoms with van der Waals surface area (Å²) in [5.41, 5.74) is 7.29. The number of methoxy groups -OCH3 is 1. The van der Waals surface area contributed by atoms with Gasteiger partial charge in [0.25, 0.3) is 0 Å². The van der Waals surface area contributed by atoms with Crippen molar-refractivity contribution in [1.82, 2.24) is 4.98 Å². The van der Waals surface area contributed by atoms with Crippen molar-refractivity contribution < 1.29 is 9.47 Å². The van der Waals surface area contributed by atoms with E-state index in [9.17, 15) is 0 Å². The molecule has 0 aliphatic heterocycles. The number of nitrogen functional groups attached to an aromatic ring is 1. The van der Waals surface area contributed by atoms with Gasteiger partial charge in [0.2, 0.25) is 0 Å². The topological polar surface area (TPSA) is 57.4 Å². The first kappa shape index (κ1) is 12.3. The fraction of sp³-hybridized carbons (Fsp3) is 0.0625. The van der Waals surface area contributed by atoms with E-state index < -0.39 is 0 Å². The number of fused-ring (bicyclic) bond motifs is 1. The molecule has 20 heavy (non-hydrogen) atoms. The van der Waals surface area contributed by atoms with Crippen LogP contribution in [0.25, 0.3) is 10.9 Å². The lowest BCUT2D eigenvalue weighted by molar-refractivity contribution is 0.409. The molecule has 0 aliphatic carbocycles. The van der Waals surface area contributed by atoms with Crippen molar-refractivity contribution in [2.45, 2.75) is 0 Å². The van der Waals surface area contributed by atoms with Gasteiger partial charge in [-0.2, -0.15) is 0 Å². The molecule has 0 radical (unpaired) electrons. The number of rotatable bonds is 3. The smallest absolute Gasteiger partial charge is 0.154 e. The Morgan fingerprint density at radius 3 is 2.70 bits per heavy atom. The van der Waals surface area contributed by atoms with Gasteiger partial charge in [-0.3, -0.25) is 4.98 Å². The summed E-state index contributed by atoms with van der Waals surface area (Å²) in [4.78, 5) is 4.35. The number of anilines is 1. The quantitative estimate of drug-likeness (QED) is 0.736. The Morgan fingerprint density at radius 1 is 1.00 bits per heavy atom. The Hall–Kier alpha value is -2.75. The average Bonchev–Trinajstić information content (AvgIpc) is 2.50. The molecule has 0 bridgehead atoms. The van der Waals surface area contributed by atoms with Crippen LogP contribution in [-0.4, -0.2) is 12.1 Å². The van der Waals surface area contributed by atoms with Crippen molar-refractivity contribution in [2.75, 3.05) is 12.8 Å². The lowest BCUT2D eigenvalue weighted by atomic mass is 10.2. The molecule has 4 nitrogen and oxygen atoms in total. The summed E-state index contributed by atoms with van der Waals surface area (Å²) < 4.78 is 11.1. The number of nitrogens with two attached hydrogens (primary N) is 1. The maximum atomic E-state index is 5.94. The maximum Gasteiger partial charge on any atom is 0.154 e. The van der Waals surface area contributed by atoms with Crippen LogP contribution in [0.4, 0.5) is 5.69 Å². The van der Waals surface area contributed by atoms with E-state index in [1.165, 1.54) is 0 Å². The molecule has 4 heteroatoms. The molecule has 0 saturated carbocycles. The van der Waals surface area contributed by atoms with Gasteiger partial charge in [0.15, 0.2) is 11.5 Å². The van der Waals surface area contributed by atoms with E-state index in [0.717, 1.165) is 10.9 Å². The second kappa shape index (κ2) is 5.09. The first-order valence-corrected chi connectivity index (χ1v) is 6.23. The highest BCUT2D eigenvalue weighted by atomic mass is 16.5. The number of benzene rings is 2. The molecule has 1 heterocycles. The minimum atomic E-state index is 0.554. The molecule has 0 fully saturated rings.